The van der Waals surface area contributed by atoms with E-state index in [2.05, 4.69) is 9.97 Å². The van der Waals surface area contributed by atoms with Crippen molar-refractivity contribution in [3.63, 3.8) is 0 Å². The Morgan fingerprint density at radius 2 is 1.64 bits per heavy atom. The van der Waals surface area contributed by atoms with Crippen LogP contribution in [0.1, 0.15) is 33.5 Å². The number of aromatic amines is 1. The van der Waals surface area contributed by atoms with Crippen molar-refractivity contribution in [1.82, 2.24) is 14.9 Å². The molecule has 1 atom stereocenters. The highest BCUT2D eigenvalue weighted by atomic mass is 16.5. The van der Waals surface area contributed by atoms with Crippen LogP contribution in [0.4, 0.5) is 0 Å². The van der Waals surface area contributed by atoms with E-state index < -0.39 is 23.8 Å². The fourth-order valence-electron chi connectivity index (χ4n) is 3.13. The number of ether oxygens (including phenoxy) is 1. The fraction of sp³-hybridized carbons (Fsp3) is 0.150. The van der Waals surface area contributed by atoms with Crippen LogP contribution in [0.2, 0.25) is 0 Å². The number of imide groups is 1. The highest BCUT2D eigenvalue weighted by molar-refractivity contribution is 6.22. The third-order valence-corrected chi connectivity index (χ3v) is 4.57. The van der Waals surface area contributed by atoms with Gasteiger partial charge in [0.15, 0.2) is 0 Å². The first-order chi connectivity index (χ1) is 13.5. The van der Waals surface area contributed by atoms with Crippen LogP contribution in [0.3, 0.4) is 0 Å². The van der Waals surface area contributed by atoms with E-state index in [-0.39, 0.29) is 29.1 Å². The number of hydrogen-bond donors (Lipinski definition) is 1. The lowest BCUT2D eigenvalue weighted by Gasteiger charge is -2.20. The Bertz CT molecular complexity index is 1150. The van der Waals surface area contributed by atoms with Gasteiger partial charge in [-0.2, -0.15) is 0 Å². The minimum absolute atomic E-state index is 0.173. The van der Waals surface area contributed by atoms with Gasteiger partial charge < -0.3 is 9.72 Å². The number of carbonyl (C=O) groups is 3. The number of H-pyrrole nitrogens is 1. The zero-order chi connectivity index (χ0) is 19.8. The summed E-state index contributed by atoms with van der Waals surface area (Å²) in [7, 11) is 0. The van der Waals surface area contributed by atoms with Gasteiger partial charge in [0.25, 0.3) is 17.4 Å². The second kappa shape index (κ2) is 6.73. The average molecular weight is 377 g/mol. The number of benzene rings is 2. The number of nitrogens with one attached hydrogen (secondary N) is 1. The predicted octanol–water partition coefficient (Wildman–Crippen LogP) is 1.65. The van der Waals surface area contributed by atoms with E-state index in [4.69, 9.17) is 4.74 Å². The van der Waals surface area contributed by atoms with Crippen LogP contribution in [0.5, 0.6) is 0 Å². The summed E-state index contributed by atoms with van der Waals surface area (Å²) < 4.78 is 5.18. The molecule has 1 aromatic heterocycles. The van der Waals surface area contributed by atoms with E-state index in [1.807, 2.05) is 0 Å². The van der Waals surface area contributed by atoms with Crippen molar-refractivity contribution in [2.45, 2.75) is 19.6 Å². The first-order valence-corrected chi connectivity index (χ1v) is 8.59. The molecule has 1 aliphatic rings. The third kappa shape index (κ3) is 2.84. The second-order valence-electron chi connectivity index (χ2n) is 6.34. The summed E-state index contributed by atoms with van der Waals surface area (Å²) in [6.45, 7) is 1.13. The number of esters is 1. The van der Waals surface area contributed by atoms with Gasteiger partial charge in [0, 0.05) is 0 Å². The van der Waals surface area contributed by atoms with Crippen molar-refractivity contribution in [3.8, 4) is 0 Å². The molecule has 1 N–H and O–H groups in total. The molecule has 2 heterocycles. The first-order valence-electron chi connectivity index (χ1n) is 8.59. The summed E-state index contributed by atoms with van der Waals surface area (Å²) in [6.07, 6.45) is 0. The molecule has 2 aromatic carbocycles. The fourth-order valence-corrected chi connectivity index (χ4v) is 3.13. The Balaban J connectivity index is 1.50. The van der Waals surface area contributed by atoms with Gasteiger partial charge in [0.2, 0.25) is 0 Å². The van der Waals surface area contributed by atoms with Crippen LogP contribution in [0, 0.1) is 0 Å². The zero-order valence-electron chi connectivity index (χ0n) is 14.8. The van der Waals surface area contributed by atoms with E-state index in [0.29, 0.717) is 10.9 Å². The summed E-state index contributed by atoms with van der Waals surface area (Å²) in [5.41, 5.74) is 0.649. The molecule has 8 nitrogen and oxygen atoms in total. The van der Waals surface area contributed by atoms with E-state index in [1.165, 1.54) is 19.1 Å². The van der Waals surface area contributed by atoms with Crippen molar-refractivity contribution >= 4 is 28.7 Å². The minimum Gasteiger partial charge on any atom is -0.456 e. The summed E-state index contributed by atoms with van der Waals surface area (Å²) >= 11 is 0. The summed E-state index contributed by atoms with van der Waals surface area (Å²) in [5.74, 6) is -1.68. The largest absolute Gasteiger partial charge is 0.456 e. The Hall–Kier alpha value is -3.81. The zero-order valence-corrected chi connectivity index (χ0v) is 14.8. The molecule has 3 aromatic rings. The van der Waals surface area contributed by atoms with Crippen molar-refractivity contribution in [2.75, 3.05) is 0 Å². The predicted molar refractivity (Wildman–Crippen MR) is 98.6 cm³/mol. The Labute approximate surface area is 158 Å². The van der Waals surface area contributed by atoms with Gasteiger partial charge in [0.1, 0.15) is 18.5 Å². The number of rotatable bonds is 4. The number of carbonyl (C=O) groups excluding carboxylic acids is 3. The standard InChI is InChI=1S/C20H15N3O5/c1-11(23-18(25)12-6-2-3-7-13(12)19(23)26)20(27)28-10-16-21-15-9-5-4-8-14(15)17(24)22-16/h2-9,11H,10H2,1H3,(H,21,22,24)/t11-/m0/s1. The Morgan fingerprint density at radius 1 is 1.04 bits per heavy atom. The number of fused-ring (bicyclic) bond motifs is 2. The molecule has 28 heavy (non-hydrogen) atoms. The van der Waals surface area contributed by atoms with E-state index >= 15 is 0 Å². The van der Waals surface area contributed by atoms with Crippen molar-refractivity contribution in [1.29, 1.82) is 0 Å². The smallest absolute Gasteiger partial charge is 0.329 e. The molecule has 2 amide bonds. The van der Waals surface area contributed by atoms with Crippen LogP contribution < -0.4 is 5.56 Å². The molecule has 4 rings (SSSR count). The van der Waals surface area contributed by atoms with Crippen LogP contribution in [0.15, 0.2) is 53.3 Å². The lowest BCUT2D eigenvalue weighted by molar-refractivity contribution is -0.149. The molecule has 0 fully saturated rings. The highest BCUT2D eigenvalue weighted by Gasteiger charge is 2.41. The molecule has 0 saturated heterocycles. The molecule has 0 aliphatic carbocycles. The van der Waals surface area contributed by atoms with E-state index in [1.54, 1.807) is 36.4 Å². The SMILES string of the molecule is C[C@@H](C(=O)OCc1nc2ccccc2c(=O)[nH]1)N1C(=O)c2ccccc2C1=O. The molecule has 0 bridgehead atoms. The summed E-state index contributed by atoms with van der Waals surface area (Å²) in [5, 5.41) is 0.428. The van der Waals surface area contributed by atoms with E-state index in [0.717, 1.165) is 4.90 Å². The number of nitrogens with zero attached hydrogens (tertiary/aromatic N) is 2. The third-order valence-electron chi connectivity index (χ3n) is 4.57. The molecule has 140 valence electrons. The molecule has 0 radical (unpaired) electrons. The number of amides is 2. The van der Waals surface area contributed by atoms with Gasteiger partial charge in [-0.25, -0.2) is 9.78 Å². The quantitative estimate of drug-likeness (QED) is 0.547. The van der Waals surface area contributed by atoms with Crippen LogP contribution in [-0.2, 0) is 16.1 Å². The monoisotopic (exact) mass is 377 g/mol. The number of para-hydroxylation sites is 1. The minimum atomic E-state index is -1.11. The Morgan fingerprint density at radius 3 is 2.32 bits per heavy atom. The molecule has 0 spiro atoms. The van der Waals surface area contributed by atoms with Crippen molar-refractivity contribution in [2.24, 2.45) is 0 Å². The maximum Gasteiger partial charge on any atom is 0.329 e. The number of hydrogen-bond acceptors (Lipinski definition) is 6. The maximum atomic E-state index is 12.5. The molecule has 8 heteroatoms. The van der Waals surface area contributed by atoms with Crippen LogP contribution in [-0.4, -0.2) is 38.7 Å². The molecule has 0 unspecified atom stereocenters. The van der Waals surface area contributed by atoms with E-state index in [9.17, 15) is 19.2 Å². The summed E-state index contributed by atoms with van der Waals surface area (Å²) in [4.78, 5) is 57.1. The maximum absolute atomic E-state index is 12.5. The van der Waals surface area contributed by atoms with Crippen LogP contribution in [0.25, 0.3) is 10.9 Å². The highest BCUT2D eigenvalue weighted by Crippen LogP contribution is 2.24. The van der Waals surface area contributed by atoms with Crippen molar-refractivity contribution < 1.29 is 19.1 Å². The molecular weight excluding hydrogens is 362 g/mol. The summed E-state index contributed by atoms with van der Waals surface area (Å²) in [6, 6.07) is 12.1. The number of aromatic nitrogens is 2. The van der Waals surface area contributed by atoms with Gasteiger partial charge in [-0.05, 0) is 31.2 Å². The molecule has 0 saturated carbocycles. The normalized spacial score (nSPS) is 14.2. The topological polar surface area (TPSA) is 109 Å². The lowest BCUT2D eigenvalue weighted by Crippen LogP contribution is -2.43. The van der Waals surface area contributed by atoms with Gasteiger partial charge in [-0.1, -0.05) is 24.3 Å². The second-order valence-corrected chi connectivity index (χ2v) is 6.34. The van der Waals surface area contributed by atoms with Crippen LogP contribution >= 0.6 is 0 Å². The first kappa shape index (κ1) is 17.6. The molecular formula is C20H15N3O5. The average Bonchev–Trinajstić information content (AvgIpc) is 2.96. The van der Waals surface area contributed by atoms with Gasteiger partial charge >= 0.3 is 5.97 Å². The van der Waals surface area contributed by atoms with Gasteiger partial charge in [0.05, 0.1) is 22.0 Å². The molecule has 1 aliphatic heterocycles. The van der Waals surface area contributed by atoms with Gasteiger partial charge in [-0.3, -0.25) is 19.3 Å². The van der Waals surface area contributed by atoms with Crippen molar-refractivity contribution in [3.05, 3.63) is 75.8 Å². The van der Waals surface area contributed by atoms with Gasteiger partial charge in [-0.15, -0.1) is 0 Å². The lowest BCUT2D eigenvalue weighted by atomic mass is 10.1. The Kier molecular flexibility index (Phi) is 4.23.